The number of aromatic amines is 1. The fraction of sp³-hybridized carbons (Fsp3) is 0. The Morgan fingerprint density at radius 2 is 2.20 bits per heavy atom. The molecule has 3 rings (SSSR count). The van der Waals surface area contributed by atoms with E-state index < -0.39 is 0 Å². The lowest BCUT2D eigenvalue weighted by molar-refractivity contribution is 0.102. The van der Waals surface area contributed by atoms with Gasteiger partial charge in [0.1, 0.15) is 5.52 Å². The molecule has 0 bridgehead atoms. The maximum atomic E-state index is 12.1. The minimum absolute atomic E-state index is 0.124. The van der Waals surface area contributed by atoms with Crippen LogP contribution in [0.1, 0.15) is 10.4 Å². The van der Waals surface area contributed by atoms with Crippen LogP contribution >= 0.6 is 34.2 Å². The van der Waals surface area contributed by atoms with Gasteiger partial charge in [0.05, 0.1) is 6.33 Å². The van der Waals surface area contributed by atoms with Crippen molar-refractivity contribution in [3.8, 4) is 0 Å². The lowest BCUT2D eigenvalue weighted by Crippen LogP contribution is -2.14. The first-order valence-electron chi connectivity index (χ1n) is 5.57. The fourth-order valence-corrected chi connectivity index (χ4v) is 2.42. The number of carbonyl (C=O) groups is 1. The van der Waals surface area contributed by atoms with Gasteiger partial charge in [-0.3, -0.25) is 10.1 Å². The van der Waals surface area contributed by atoms with Gasteiger partial charge in [-0.05, 0) is 40.8 Å². The van der Waals surface area contributed by atoms with E-state index in [4.69, 9.17) is 11.6 Å². The van der Waals surface area contributed by atoms with Gasteiger partial charge in [-0.15, -0.1) is 0 Å². The van der Waals surface area contributed by atoms with Gasteiger partial charge in [0.25, 0.3) is 5.91 Å². The number of carbonyl (C=O) groups excluding carboxylic acids is 1. The van der Waals surface area contributed by atoms with E-state index in [1.54, 1.807) is 18.2 Å². The highest BCUT2D eigenvalue weighted by Gasteiger charge is 2.12. The summed E-state index contributed by atoms with van der Waals surface area (Å²) < 4.78 is 0.969. The zero-order valence-corrected chi connectivity index (χ0v) is 12.8. The Bertz CT molecular complexity index is 803. The molecule has 6 nitrogen and oxygen atoms in total. The van der Waals surface area contributed by atoms with Crippen LogP contribution in [0.15, 0.2) is 30.6 Å². The summed E-state index contributed by atoms with van der Waals surface area (Å²) in [6.45, 7) is 0. The number of rotatable bonds is 2. The summed E-state index contributed by atoms with van der Waals surface area (Å²) >= 11 is 8.12. The Balaban J connectivity index is 1.91. The first-order chi connectivity index (χ1) is 9.63. The van der Waals surface area contributed by atoms with Crippen LogP contribution in [0.2, 0.25) is 5.15 Å². The number of nitrogens with zero attached hydrogens (tertiary/aromatic N) is 3. The van der Waals surface area contributed by atoms with Crippen LogP contribution in [0.4, 0.5) is 5.95 Å². The van der Waals surface area contributed by atoms with Crippen molar-refractivity contribution >= 4 is 57.2 Å². The minimum Gasteiger partial charge on any atom is -0.341 e. The second kappa shape index (κ2) is 5.33. The van der Waals surface area contributed by atoms with Crippen molar-refractivity contribution in [1.29, 1.82) is 0 Å². The van der Waals surface area contributed by atoms with E-state index in [2.05, 4.69) is 47.8 Å². The maximum Gasteiger partial charge on any atom is 0.258 e. The van der Waals surface area contributed by atoms with Crippen LogP contribution in [0.5, 0.6) is 0 Å². The standard InChI is InChI=1S/C12H7ClIN5O/c13-9-8-10(16-5-15-8)18-12(17-9)19-11(20)6-2-1-3-7(14)4-6/h1-5H,(H2,15,16,17,18,19,20). The summed E-state index contributed by atoms with van der Waals surface area (Å²) in [5, 5.41) is 2.82. The number of anilines is 1. The van der Waals surface area contributed by atoms with Gasteiger partial charge in [0.2, 0.25) is 5.95 Å². The third kappa shape index (κ3) is 2.59. The van der Waals surface area contributed by atoms with Gasteiger partial charge in [0.15, 0.2) is 10.8 Å². The molecule has 2 aromatic heterocycles. The highest BCUT2D eigenvalue weighted by Crippen LogP contribution is 2.18. The first-order valence-corrected chi connectivity index (χ1v) is 7.03. The van der Waals surface area contributed by atoms with Gasteiger partial charge in [-0.2, -0.15) is 9.97 Å². The number of nitrogens with one attached hydrogen (secondary N) is 2. The van der Waals surface area contributed by atoms with Crippen LogP contribution in [-0.2, 0) is 0 Å². The minimum atomic E-state index is -0.297. The Hall–Kier alpha value is -1.74. The number of imidazole rings is 1. The predicted octanol–water partition coefficient (Wildman–Crippen LogP) is 2.86. The molecule has 0 radical (unpaired) electrons. The average Bonchev–Trinajstić information content (AvgIpc) is 2.87. The summed E-state index contributed by atoms with van der Waals surface area (Å²) in [4.78, 5) is 27.0. The quantitative estimate of drug-likeness (QED) is 0.513. The second-order valence-corrected chi connectivity index (χ2v) is 5.51. The van der Waals surface area contributed by atoms with E-state index in [9.17, 15) is 4.79 Å². The summed E-state index contributed by atoms with van der Waals surface area (Å²) in [5.74, 6) is -0.173. The lowest BCUT2D eigenvalue weighted by Gasteiger charge is -2.04. The topological polar surface area (TPSA) is 83.6 Å². The molecule has 0 saturated heterocycles. The number of hydrogen-bond acceptors (Lipinski definition) is 4. The molecule has 2 heterocycles. The fourth-order valence-electron chi connectivity index (χ4n) is 1.66. The Morgan fingerprint density at radius 3 is 3.00 bits per heavy atom. The van der Waals surface area contributed by atoms with E-state index in [0.29, 0.717) is 16.7 Å². The molecule has 0 unspecified atom stereocenters. The Kier molecular flexibility index (Phi) is 3.53. The number of benzene rings is 1. The van der Waals surface area contributed by atoms with Crippen molar-refractivity contribution < 1.29 is 4.79 Å². The molecule has 1 aromatic carbocycles. The van der Waals surface area contributed by atoms with Crippen LogP contribution < -0.4 is 5.32 Å². The van der Waals surface area contributed by atoms with Gasteiger partial charge in [0, 0.05) is 9.13 Å². The van der Waals surface area contributed by atoms with Crippen molar-refractivity contribution in [2.45, 2.75) is 0 Å². The molecule has 0 spiro atoms. The number of aromatic nitrogens is 4. The van der Waals surface area contributed by atoms with Gasteiger partial charge in [-0.1, -0.05) is 17.7 Å². The van der Waals surface area contributed by atoms with Crippen molar-refractivity contribution in [2.24, 2.45) is 0 Å². The van der Waals surface area contributed by atoms with E-state index in [1.807, 2.05) is 6.07 Å². The predicted molar refractivity (Wildman–Crippen MR) is 83.8 cm³/mol. The van der Waals surface area contributed by atoms with Gasteiger partial charge < -0.3 is 4.98 Å². The summed E-state index contributed by atoms with van der Waals surface area (Å²) in [7, 11) is 0. The highest BCUT2D eigenvalue weighted by atomic mass is 127. The molecule has 0 aliphatic rings. The van der Waals surface area contributed by atoms with Crippen molar-refractivity contribution in [3.63, 3.8) is 0 Å². The van der Waals surface area contributed by atoms with Crippen LogP contribution in [-0.4, -0.2) is 25.8 Å². The van der Waals surface area contributed by atoms with Crippen LogP contribution in [0.25, 0.3) is 11.2 Å². The smallest absolute Gasteiger partial charge is 0.258 e. The summed E-state index contributed by atoms with van der Waals surface area (Å²) in [6.07, 6.45) is 1.47. The van der Waals surface area contributed by atoms with Crippen LogP contribution in [0, 0.1) is 3.57 Å². The van der Waals surface area contributed by atoms with E-state index in [1.165, 1.54) is 6.33 Å². The zero-order chi connectivity index (χ0) is 14.1. The van der Waals surface area contributed by atoms with E-state index in [0.717, 1.165) is 3.57 Å². The number of amides is 1. The molecular formula is C12H7ClIN5O. The molecule has 0 aliphatic heterocycles. The van der Waals surface area contributed by atoms with Crippen molar-refractivity contribution in [1.82, 2.24) is 19.9 Å². The molecule has 2 N–H and O–H groups in total. The Labute approximate surface area is 132 Å². The van der Waals surface area contributed by atoms with Gasteiger partial charge >= 0.3 is 0 Å². The van der Waals surface area contributed by atoms with Crippen molar-refractivity contribution in [3.05, 3.63) is 44.9 Å². The molecule has 1 amide bonds. The molecular weight excluding hydrogens is 393 g/mol. The third-order valence-corrected chi connectivity index (χ3v) is 3.50. The third-order valence-electron chi connectivity index (χ3n) is 2.55. The first kappa shape index (κ1) is 13.3. The maximum absolute atomic E-state index is 12.1. The SMILES string of the molecule is O=C(Nc1nc(Cl)c2[nH]cnc2n1)c1cccc(I)c1. The molecule has 0 fully saturated rings. The van der Waals surface area contributed by atoms with Crippen molar-refractivity contribution in [2.75, 3.05) is 5.32 Å². The highest BCUT2D eigenvalue weighted by molar-refractivity contribution is 14.1. The van der Waals surface area contributed by atoms with E-state index >= 15 is 0 Å². The zero-order valence-electron chi connectivity index (χ0n) is 9.89. The lowest BCUT2D eigenvalue weighted by atomic mass is 10.2. The summed E-state index contributed by atoms with van der Waals surface area (Å²) in [6, 6.07) is 7.19. The molecule has 3 aromatic rings. The normalized spacial score (nSPS) is 10.7. The number of hydrogen-bond donors (Lipinski definition) is 2. The largest absolute Gasteiger partial charge is 0.341 e. The number of fused-ring (bicyclic) bond motifs is 1. The molecule has 0 atom stereocenters. The molecule has 100 valence electrons. The molecule has 8 heteroatoms. The monoisotopic (exact) mass is 399 g/mol. The summed E-state index contributed by atoms with van der Waals surface area (Å²) in [5.41, 5.74) is 1.47. The number of H-pyrrole nitrogens is 1. The Morgan fingerprint density at radius 1 is 1.35 bits per heavy atom. The molecule has 0 saturated carbocycles. The molecule has 0 aliphatic carbocycles. The van der Waals surface area contributed by atoms with Gasteiger partial charge in [-0.25, -0.2) is 4.98 Å². The molecule has 20 heavy (non-hydrogen) atoms. The van der Waals surface area contributed by atoms with E-state index in [-0.39, 0.29) is 17.0 Å². The number of halogens is 2. The average molecular weight is 400 g/mol. The van der Waals surface area contributed by atoms with Crippen LogP contribution in [0.3, 0.4) is 0 Å². The second-order valence-electron chi connectivity index (χ2n) is 3.90.